The standard InChI is InChI=1S/C10H10FNO/c1-2-3-4-10(13)8-5-6-12-7-9(8)11/h1,5-7,10,13H,3-4H2. The van der Waals surface area contributed by atoms with Crippen LogP contribution in [-0.2, 0) is 0 Å². The van der Waals surface area contributed by atoms with Gasteiger partial charge in [-0.15, -0.1) is 12.3 Å². The maximum absolute atomic E-state index is 13.0. The van der Waals surface area contributed by atoms with Crippen molar-refractivity contribution in [3.63, 3.8) is 0 Å². The van der Waals surface area contributed by atoms with Gasteiger partial charge in [0.25, 0.3) is 0 Å². The molecule has 0 aliphatic carbocycles. The van der Waals surface area contributed by atoms with E-state index in [1.165, 1.54) is 12.3 Å². The molecule has 1 aromatic rings. The van der Waals surface area contributed by atoms with E-state index in [0.29, 0.717) is 12.8 Å². The van der Waals surface area contributed by atoms with E-state index in [9.17, 15) is 9.50 Å². The van der Waals surface area contributed by atoms with Crippen LogP contribution in [-0.4, -0.2) is 10.1 Å². The summed E-state index contributed by atoms with van der Waals surface area (Å²) in [5, 5.41) is 9.47. The Morgan fingerprint density at radius 1 is 1.69 bits per heavy atom. The van der Waals surface area contributed by atoms with Crippen LogP contribution in [0.2, 0.25) is 0 Å². The maximum Gasteiger partial charge on any atom is 0.147 e. The van der Waals surface area contributed by atoms with Gasteiger partial charge in [-0.3, -0.25) is 4.98 Å². The van der Waals surface area contributed by atoms with Gasteiger partial charge in [0, 0.05) is 18.2 Å². The minimum absolute atomic E-state index is 0.255. The second kappa shape index (κ2) is 4.58. The number of halogens is 1. The fourth-order valence-corrected chi connectivity index (χ4v) is 1.03. The molecule has 1 aromatic heterocycles. The Bertz CT molecular complexity index is 319. The van der Waals surface area contributed by atoms with Crippen molar-refractivity contribution in [2.75, 3.05) is 0 Å². The average Bonchev–Trinajstić information content (AvgIpc) is 2.15. The number of aliphatic hydroxyl groups is 1. The average molecular weight is 179 g/mol. The molecule has 3 heteroatoms. The van der Waals surface area contributed by atoms with Crippen LogP contribution in [0.3, 0.4) is 0 Å². The molecule has 0 aromatic carbocycles. The third-order valence-corrected chi connectivity index (χ3v) is 1.72. The molecule has 0 amide bonds. The van der Waals surface area contributed by atoms with E-state index in [4.69, 9.17) is 6.42 Å². The first kappa shape index (κ1) is 9.69. The van der Waals surface area contributed by atoms with Crippen LogP contribution in [0.15, 0.2) is 18.5 Å². The molecule has 2 nitrogen and oxygen atoms in total. The van der Waals surface area contributed by atoms with Crippen molar-refractivity contribution in [2.24, 2.45) is 0 Å². The predicted octanol–water partition coefficient (Wildman–Crippen LogP) is 1.67. The number of nitrogens with zero attached hydrogens (tertiary/aromatic N) is 1. The minimum Gasteiger partial charge on any atom is -0.388 e. The lowest BCUT2D eigenvalue weighted by Crippen LogP contribution is -2.00. The van der Waals surface area contributed by atoms with Gasteiger partial charge < -0.3 is 5.11 Å². The summed E-state index contributed by atoms with van der Waals surface area (Å²) in [4.78, 5) is 3.58. The summed E-state index contributed by atoms with van der Waals surface area (Å²) >= 11 is 0. The quantitative estimate of drug-likeness (QED) is 0.716. The molecule has 68 valence electrons. The van der Waals surface area contributed by atoms with Crippen molar-refractivity contribution in [1.82, 2.24) is 4.98 Å². The molecular formula is C10H10FNO. The van der Waals surface area contributed by atoms with Crippen molar-refractivity contribution in [2.45, 2.75) is 18.9 Å². The number of hydrogen-bond donors (Lipinski definition) is 1. The lowest BCUT2D eigenvalue weighted by atomic mass is 10.1. The lowest BCUT2D eigenvalue weighted by molar-refractivity contribution is 0.164. The minimum atomic E-state index is -0.834. The molecule has 1 rings (SSSR count). The molecule has 0 aliphatic rings. The summed E-state index contributed by atoms with van der Waals surface area (Å²) < 4.78 is 13.0. The van der Waals surface area contributed by atoms with Gasteiger partial charge in [0.15, 0.2) is 0 Å². The first-order valence-corrected chi connectivity index (χ1v) is 3.96. The number of aliphatic hydroxyl groups excluding tert-OH is 1. The first-order valence-electron chi connectivity index (χ1n) is 3.96. The summed E-state index contributed by atoms with van der Waals surface area (Å²) in [5.74, 6) is 1.90. The van der Waals surface area contributed by atoms with E-state index < -0.39 is 11.9 Å². The smallest absolute Gasteiger partial charge is 0.147 e. The van der Waals surface area contributed by atoms with E-state index >= 15 is 0 Å². The highest BCUT2D eigenvalue weighted by Crippen LogP contribution is 2.19. The third kappa shape index (κ3) is 2.53. The molecule has 1 N–H and O–H groups in total. The monoisotopic (exact) mass is 179 g/mol. The van der Waals surface area contributed by atoms with Crippen LogP contribution in [0.5, 0.6) is 0 Å². The maximum atomic E-state index is 13.0. The zero-order chi connectivity index (χ0) is 9.68. The molecule has 0 spiro atoms. The Kier molecular flexibility index (Phi) is 3.41. The van der Waals surface area contributed by atoms with Crippen LogP contribution < -0.4 is 0 Å². The zero-order valence-corrected chi connectivity index (χ0v) is 7.07. The molecule has 1 unspecified atom stereocenters. The molecule has 1 atom stereocenters. The Balaban J connectivity index is 2.72. The van der Waals surface area contributed by atoms with Gasteiger partial charge >= 0.3 is 0 Å². The van der Waals surface area contributed by atoms with Gasteiger partial charge in [-0.05, 0) is 12.5 Å². The fourth-order valence-electron chi connectivity index (χ4n) is 1.03. The lowest BCUT2D eigenvalue weighted by Gasteiger charge is -2.08. The Hall–Kier alpha value is -1.40. The highest BCUT2D eigenvalue weighted by atomic mass is 19.1. The number of pyridine rings is 1. The molecule has 0 saturated carbocycles. The predicted molar refractivity (Wildman–Crippen MR) is 47.2 cm³/mol. The number of hydrogen-bond acceptors (Lipinski definition) is 2. The van der Waals surface area contributed by atoms with E-state index in [0.717, 1.165) is 6.20 Å². The number of aromatic nitrogens is 1. The van der Waals surface area contributed by atoms with E-state index in [1.807, 2.05) is 0 Å². The van der Waals surface area contributed by atoms with Crippen molar-refractivity contribution < 1.29 is 9.50 Å². The van der Waals surface area contributed by atoms with Gasteiger partial charge in [0.05, 0.1) is 12.3 Å². The number of terminal acetylenes is 1. The SMILES string of the molecule is C#CCCC(O)c1ccncc1F. The summed E-state index contributed by atoms with van der Waals surface area (Å²) in [6, 6.07) is 1.45. The van der Waals surface area contributed by atoms with Crippen molar-refractivity contribution in [1.29, 1.82) is 0 Å². The summed E-state index contributed by atoms with van der Waals surface area (Å²) in [7, 11) is 0. The largest absolute Gasteiger partial charge is 0.388 e. The van der Waals surface area contributed by atoms with Gasteiger partial charge in [0.2, 0.25) is 0 Å². The molecule has 0 aliphatic heterocycles. The molecule has 0 fully saturated rings. The van der Waals surface area contributed by atoms with Gasteiger partial charge in [-0.1, -0.05) is 0 Å². The molecule has 0 bridgehead atoms. The van der Waals surface area contributed by atoms with Crippen LogP contribution in [0.1, 0.15) is 24.5 Å². The first-order chi connectivity index (χ1) is 6.25. The highest BCUT2D eigenvalue weighted by molar-refractivity contribution is 5.15. The van der Waals surface area contributed by atoms with E-state index in [2.05, 4.69) is 10.9 Å². The molecule has 0 radical (unpaired) electrons. The zero-order valence-electron chi connectivity index (χ0n) is 7.07. The molecular weight excluding hydrogens is 169 g/mol. The van der Waals surface area contributed by atoms with Crippen LogP contribution >= 0.6 is 0 Å². The summed E-state index contributed by atoms with van der Waals surface area (Å²) in [6.45, 7) is 0. The third-order valence-electron chi connectivity index (χ3n) is 1.72. The Morgan fingerprint density at radius 3 is 3.08 bits per heavy atom. The molecule has 13 heavy (non-hydrogen) atoms. The number of rotatable bonds is 3. The van der Waals surface area contributed by atoms with Gasteiger partial charge in [0.1, 0.15) is 5.82 Å². The second-order valence-electron chi connectivity index (χ2n) is 2.66. The van der Waals surface area contributed by atoms with E-state index in [-0.39, 0.29) is 5.56 Å². The normalized spacial score (nSPS) is 12.1. The fraction of sp³-hybridized carbons (Fsp3) is 0.300. The van der Waals surface area contributed by atoms with Crippen molar-refractivity contribution in [3.8, 4) is 12.3 Å². The van der Waals surface area contributed by atoms with Gasteiger partial charge in [-0.25, -0.2) is 4.39 Å². The topological polar surface area (TPSA) is 33.1 Å². The molecule has 1 heterocycles. The Morgan fingerprint density at radius 2 is 2.46 bits per heavy atom. The van der Waals surface area contributed by atoms with Crippen molar-refractivity contribution >= 4 is 0 Å². The highest BCUT2D eigenvalue weighted by Gasteiger charge is 2.10. The van der Waals surface area contributed by atoms with Gasteiger partial charge in [-0.2, -0.15) is 0 Å². The van der Waals surface area contributed by atoms with Crippen LogP contribution in [0, 0.1) is 18.2 Å². The molecule has 0 saturated heterocycles. The van der Waals surface area contributed by atoms with Crippen LogP contribution in [0.4, 0.5) is 4.39 Å². The van der Waals surface area contributed by atoms with E-state index in [1.54, 1.807) is 0 Å². The van der Waals surface area contributed by atoms with Crippen molar-refractivity contribution in [3.05, 3.63) is 29.8 Å². The second-order valence-corrected chi connectivity index (χ2v) is 2.66. The summed E-state index contributed by atoms with van der Waals surface area (Å²) in [6.07, 6.45) is 7.52. The Labute approximate surface area is 76.4 Å². The van der Waals surface area contributed by atoms with Crippen LogP contribution in [0.25, 0.3) is 0 Å². The summed E-state index contributed by atoms with van der Waals surface area (Å²) in [5.41, 5.74) is 0.255.